The molecule has 1 aromatic carbocycles. The minimum Gasteiger partial charge on any atom is -0.312 e. The van der Waals surface area contributed by atoms with Crippen molar-refractivity contribution in [3.05, 3.63) is 44.9 Å². The Morgan fingerprint density at radius 2 is 1.90 bits per heavy atom. The third-order valence-electron chi connectivity index (χ3n) is 4.38. The van der Waals surface area contributed by atoms with E-state index in [2.05, 4.69) is 29.1 Å². The Hall–Kier alpha value is -1.39. The van der Waals surface area contributed by atoms with Crippen molar-refractivity contribution in [2.75, 3.05) is 7.05 Å². The molecule has 1 aromatic heterocycles. The second kappa shape index (κ2) is 6.58. The van der Waals surface area contributed by atoms with Gasteiger partial charge in [-0.3, -0.25) is 9.69 Å². The molecule has 0 spiro atoms. The smallest absolute Gasteiger partial charge is 0.305 e. The summed E-state index contributed by atoms with van der Waals surface area (Å²) in [5, 5.41) is 0. The number of H-pyrrole nitrogens is 1. The molecule has 0 atom stereocenters. The van der Waals surface area contributed by atoms with Gasteiger partial charge in [0.05, 0.1) is 5.69 Å². The molecule has 1 aliphatic carbocycles. The summed E-state index contributed by atoms with van der Waals surface area (Å²) in [6.07, 6.45) is 6.62. The molecule has 0 aliphatic heterocycles. The van der Waals surface area contributed by atoms with Crippen LogP contribution in [0.4, 0.5) is 0 Å². The van der Waals surface area contributed by atoms with E-state index in [1.807, 2.05) is 18.2 Å². The van der Waals surface area contributed by atoms with Crippen LogP contribution in [-0.4, -0.2) is 23.0 Å². The lowest BCUT2D eigenvalue weighted by atomic mass is 9.94. The molecule has 2 aromatic rings. The van der Waals surface area contributed by atoms with Gasteiger partial charge in [0.2, 0.25) is 0 Å². The van der Waals surface area contributed by atoms with Crippen molar-refractivity contribution in [3.8, 4) is 11.3 Å². The first-order valence-electron chi connectivity index (χ1n) is 7.71. The van der Waals surface area contributed by atoms with E-state index in [4.69, 9.17) is 0 Å². The summed E-state index contributed by atoms with van der Waals surface area (Å²) < 4.78 is 0. The van der Waals surface area contributed by atoms with E-state index in [0.717, 1.165) is 22.7 Å². The average molecular weight is 302 g/mol. The minimum absolute atomic E-state index is 0.0425. The summed E-state index contributed by atoms with van der Waals surface area (Å²) in [5.74, 6) is 0. The second-order valence-corrected chi connectivity index (χ2v) is 6.95. The second-order valence-electron chi connectivity index (χ2n) is 5.89. The Bertz CT molecular complexity index is 626. The molecule has 0 amide bonds. The maximum atomic E-state index is 11.8. The summed E-state index contributed by atoms with van der Waals surface area (Å²) in [5.41, 5.74) is 2.09. The fourth-order valence-electron chi connectivity index (χ4n) is 3.19. The molecule has 1 aliphatic rings. The first-order chi connectivity index (χ1) is 10.2. The van der Waals surface area contributed by atoms with Gasteiger partial charge < -0.3 is 4.98 Å². The van der Waals surface area contributed by atoms with Gasteiger partial charge in [0.15, 0.2) is 0 Å². The topological polar surface area (TPSA) is 36.1 Å². The highest BCUT2D eigenvalue weighted by atomic mass is 32.1. The van der Waals surface area contributed by atoms with E-state index in [0.29, 0.717) is 6.04 Å². The van der Waals surface area contributed by atoms with Crippen molar-refractivity contribution >= 4 is 11.3 Å². The van der Waals surface area contributed by atoms with Crippen LogP contribution in [0.3, 0.4) is 0 Å². The molecule has 3 nitrogen and oxygen atoms in total. The van der Waals surface area contributed by atoms with Gasteiger partial charge in [-0.05, 0) is 25.5 Å². The predicted molar refractivity (Wildman–Crippen MR) is 88.7 cm³/mol. The fraction of sp³-hybridized carbons (Fsp3) is 0.471. The molecular formula is C17H22N2OS. The quantitative estimate of drug-likeness (QED) is 0.930. The molecule has 0 saturated heterocycles. The molecule has 0 unspecified atom stereocenters. The zero-order valence-corrected chi connectivity index (χ0v) is 13.3. The first kappa shape index (κ1) is 14.5. The third-order valence-corrected chi connectivity index (χ3v) is 5.24. The van der Waals surface area contributed by atoms with Crippen LogP contribution in [-0.2, 0) is 6.54 Å². The number of thiazole rings is 1. The predicted octanol–water partition coefficient (Wildman–Crippen LogP) is 3.87. The van der Waals surface area contributed by atoms with Gasteiger partial charge in [-0.1, -0.05) is 60.9 Å². The summed E-state index contributed by atoms with van der Waals surface area (Å²) in [7, 11) is 2.19. The van der Waals surface area contributed by atoms with Crippen LogP contribution in [0.5, 0.6) is 0 Å². The van der Waals surface area contributed by atoms with Gasteiger partial charge in [-0.25, -0.2) is 0 Å². The van der Waals surface area contributed by atoms with E-state index < -0.39 is 0 Å². The fourth-order valence-corrected chi connectivity index (χ4v) is 4.10. The first-order valence-corrected chi connectivity index (χ1v) is 8.53. The van der Waals surface area contributed by atoms with Crippen LogP contribution in [0.2, 0.25) is 0 Å². The molecule has 3 rings (SSSR count). The van der Waals surface area contributed by atoms with Gasteiger partial charge in [0.1, 0.15) is 0 Å². The third kappa shape index (κ3) is 3.44. The Kier molecular flexibility index (Phi) is 4.56. The average Bonchev–Trinajstić information content (AvgIpc) is 2.89. The van der Waals surface area contributed by atoms with Crippen LogP contribution in [0.15, 0.2) is 35.1 Å². The molecule has 0 bridgehead atoms. The summed E-state index contributed by atoms with van der Waals surface area (Å²) in [6.45, 7) is 0.859. The Morgan fingerprint density at radius 3 is 2.62 bits per heavy atom. The minimum atomic E-state index is 0.0425. The Labute approximate surface area is 129 Å². The Balaban J connectivity index is 1.80. The van der Waals surface area contributed by atoms with E-state index in [-0.39, 0.29) is 4.87 Å². The highest BCUT2D eigenvalue weighted by Gasteiger charge is 2.20. The van der Waals surface area contributed by atoms with Crippen LogP contribution in [0.1, 0.15) is 37.0 Å². The van der Waals surface area contributed by atoms with Crippen molar-refractivity contribution in [1.82, 2.24) is 9.88 Å². The van der Waals surface area contributed by atoms with Gasteiger partial charge in [-0.2, -0.15) is 0 Å². The summed E-state index contributed by atoms with van der Waals surface area (Å²) >= 11 is 1.35. The molecule has 1 saturated carbocycles. The zero-order chi connectivity index (χ0) is 14.7. The number of aromatic nitrogens is 1. The van der Waals surface area contributed by atoms with Crippen molar-refractivity contribution in [3.63, 3.8) is 0 Å². The largest absolute Gasteiger partial charge is 0.312 e. The highest BCUT2D eigenvalue weighted by Crippen LogP contribution is 2.27. The van der Waals surface area contributed by atoms with Gasteiger partial charge in [0, 0.05) is 17.5 Å². The number of nitrogens with zero attached hydrogens (tertiary/aromatic N) is 1. The number of hydrogen-bond donors (Lipinski definition) is 1. The number of nitrogens with one attached hydrogen (secondary N) is 1. The molecule has 0 radical (unpaired) electrons. The Morgan fingerprint density at radius 1 is 1.19 bits per heavy atom. The van der Waals surface area contributed by atoms with Crippen molar-refractivity contribution in [2.24, 2.45) is 0 Å². The number of hydrogen-bond acceptors (Lipinski definition) is 3. The number of rotatable bonds is 4. The molecule has 112 valence electrons. The van der Waals surface area contributed by atoms with Crippen LogP contribution < -0.4 is 4.87 Å². The lowest BCUT2D eigenvalue weighted by Gasteiger charge is -2.30. The summed E-state index contributed by atoms with van der Waals surface area (Å²) in [6, 6.07) is 10.8. The monoisotopic (exact) mass is 302 g/mol. The van der Waals surface area contributed by atoms with Crippen LogP contribution in [0.25, 0.3) is 11.3 Å². The molecule has 1 fully saturated rings. The van der Waals surface area contributed by atoms with Crippen LogP contribution >= 0.6 is 11.3 Å². The van der Waals surface area contributed by atoms with E-state index in [1.54, 1.807) is 0 Å². The lowest BCUT2D eigenvalue weighted by Crippen LogP contribution is -2.32. The van der Waals surface area contributed by atoms with Crippen LogP contribution in [0, 0.1) is 0 Å². The normalized spacial score (nSPS) is 16.5. The highest BCUT2D eigenvalue weighted by molar-refractivity contribution is 7.09. The van der Waals surface area contributed by atoms with E-state index in [9.17, 15) is 4.79 Å². The number of benzene rings is 1. The van der Waals surface area contributed by atoms with Crippen molar-refractivity contribution < 1.29 is 0 Å². The lowest BCUT2D eigenvalue weighted by molar-refractivity contribution is 0.186. The van der Waals surface area contributed by atoms with Gasteiger partial charge in [0.25, 0.3) is 0 Å². The van der Waals surface area contributed by atoms with E-state index >= 15 is 0 Å². The molecule has 21 heavy (non-hydrogen) atoms. The molecule has 1 N–H and O–H groups in total. The molecule has 1 heterocycles. The molecular weight excluding hydrogens is 280 g/mol. The molecule has 4 heteroatoms. The summed E-state index contributed by atoms with van der Waals surface area (Å²) in [4.78, 5) is 18.4. The van der Waals surface area contributed by atoms with Gasteiger partial charge in [-0.15, -0.1) is 0 Å². The standard InChI is InChI=1S/C17H22N2OS/c1-19(14-10-6-3-7-11-14)12-15-16(18-17(20)21-15)13-8-4-2-5-9-13/h2,4-5,8-9,14H,3,6-7,10-12H2,1H3,(H,18,20). The zero-order valence-electron chi connectivity index (χ0n) is 12.5. The SMILES string of the molecule is CN(Cc1sc(=O)[nH]c1-c1ccccc1)C1CCCCC1. The maximum absolute atomic E-state index is 11.8. The van der Waals surface area contributed by atoms with E-state index in [1.165, 1.54) is 43.4 Å². The number of aromatic amines is 1. The van der Waals surface area contributed by atoms with Crippen molar-refractivity contribution in [1.29, 1.82) is 0 Å². The van der Waals surface area contributed by atoms with Gasteiger partial charge >= 0.3 is 4.87 Å². The van der Waals surface area contributed by atoms with Crippen molar-refractivity contribution in [2.45, 2.75) is 44.7 Å². The maximum Gasteiger partial charge on any atom is 0.305 e.